The first kappa shape index (κ1) is 30.9. The number of benzene rings is 2. The molecule has 2 aromatic carbocycles. The van der Waals surface area contributed by atoms with E-state index < -0.39 is 41.0 Å². The van der Waals surface area contributed by atoms with Gasteiger partial charge in [-0.2, -0.15) is 0 Å². The highest BCUT2D eigenvalue weighted by Gasteiger charge is 2.77. The Labute approximate surface area is 269 Å². The monoisotopic (exact) mass is 629 g/mol. The Morgan fingerprint density at radius 1 is 1.07 bits per heavy atom. The second-order valence-electron chi connectivity index (χ2n) is 14.1. The first-order valence-electron chi connectivity index (χ1n) is 16.2. The van der Waals surface area contributed by atoms with E-state index in [1.807, 2.05) is 37.3 Å². The highest BCUT2D eigenvalue weighted by atomic mass is 32.2. The number of hydrogen-bond donors (Lipinski definition) is 3. The molecule has 9 atom stereocenters. The number of rotatable bonds is 7. The first-order chi connectivity index (χ1) is 21.5. The minimum Gasteiger partial charge on any atom is -0.393 e. The maximum atomic E-state index is 13.9. The number of allylic oxidation sites excluding steroid dienone is 4. The first-order valence-corrected chi connectivity index (χ1v) is 17.1. The van der Waals surface area contributed by atoms with Crippen LogP contribution >= 0.6 is 11.8 Å². The van der Waals surface area contributed by atoms with Gasteiger partial charge >= 0.3 is 0 Å². The Morgan fingerprint density at radius 3 is 2.42 bits per heavy atom. The van der Waals surface area contributed by atoms with Crippen molar-refractivity contribution in [3.63, 3.8) is 0 Å². The summed E-state index contributed by atoms with van der Waals surface area (Å²) in [4.78, 5) is 28.3. The Kier molecular flexibility index (Phi) is 7.49. The molecule has 0 amide bonds. The number of aliphatic hydroxyl groups is 2. The van der Waals surface area contributed by atoms with E-state index in [9.17, 15) is 19.8 Å². The fourth-order valence-corrected chi connectivity index (χ4v) is 10.6. The second-order valence-corrected chi connectivity index (χ2v) is 15.2. The van der Waals surface area contributed by atoms with Gasteiger partial charge in [-0.1, -0.05) is 49.4 Å². The lowest BCUT2D eigenvalue weighted by molar-refractivity contribution is -0.237. The number of Topliss-reactive ketones (excluding diaryl/α,β-unsaturated/α-hetero) is 1. The van der Waals surface area contributed by atoms with Gasteiger partial charge in [-0.15, -0.1) is 0 Å². The summed E-state index contributed by atoms with van der Waals surface area (Å²) in [6.45, 7) is 8.37. The van der Waals surface area contributed by atoms with Crippen LogP contribution in [0.3, 0.4) is 0 Å². The standard InChI is InChI=1S/C37H43NO6S/c1-5-38-24-9-13-27(14-10-24)45-26-11-6-22(7-12-26)36(4)43-32-19-29-28-15-8-23-18-25(40)16-17-34(23,2)33(28)30(41)20-35(29,3)37(32,44-36)31(42)21-39/h6-7,9-14,16-18,28-30,32-33,38-39,41H,5,8,15,19-21H2,1-4H3/t28-,29-,30-,32+,33+,34-,35-,36+,37+/m0/s1. The molecule has 5 aliphatic rings. The Balaban J connectivity index is 1.17. The number of nitrogens with one attached hydrogen (secondary N) is 1. The van der Waals surface area contributed by atoms with Crippen LogP contribution < -0.4 is 5.32 Å². The Hall–Kier alpha value is -2.75. The molecule has 7 rings (SSSR count). The summed E-state index contributed by atoms with van der Waals surface area (Å²) in [5.74, 6) is -1.47. The van der Waals surface area contributed by atoms with Crippen LogP contribution in [-0.4, -0.2) is 52.7 Å². The molecule has 1 saturated heterocycles. The summed E-state index contributed by atoms with van der Waals surface area (Å²) >= 11 is 1.67. The molecule has 238 valence electrons. The third-order valence-electron chi connectivity index (χ3n) is 11.8. The third kappa shape index (κ3) is 4.54. The van der Waals surface area contributed by atoms with E-state index in [0.717, 1.165) is 46.0 Å². The molecule has 2 aromatic rings. The molecule has 8 heteroatoms. The van der Waals surface area contributed by atoms with E-state index in [0.29, 0.717) is 12.8 Å². The van der Waals surface area contributed by atoms with Gasteiger partial charge in [-0.3, -0.25) is 9.59 Å². The van der Waals surface area contributed by atoms with Gasteiger partial charge in [-0.25, -0.2) is 0 Å². The zero-order chi connectivity index (χ0) is 31.8. The minimum atomic E-state index is -1.38. The molecule has 0 unspecified atom stereocenters. The lowest BCUT2D eigenvalue weighted by Gasteiger charge is -2.60. The molecule has 3 saturated carbocycles. The molecule has 4 fully saturated rings. The maximum Gasteiger partial charge on any atom is 0.193 e. The number of anilines is 1. The van der Waals surface area contributed by atoms with Gasteiger partial charge in [0.15, 0.2) is 23.0 Å². The third-order valence-corrected chi connectivity index (χ3v) is 12.8. The van der Waals surface area contributed by atoms with Crippen LogP contribution in [0.4, 0.5) is 5.69 Å². The zero-order valence-corrected chi connectivity index (χ0v) is 27.2. The van der Waals surface area contributed by atoms with Crippen LogP contribution in [0.1, 0.15) is 58.9 Å². The quantitative estimate of drug-likeness (QED) is 0.340. The predicted octanol–water partition coefficient (Wildman–Crippen LogP) is 6.05. The van der Waals surface area contributed by atoms with Crippen molar-refractivity contribution < 1.29 is 29.3 Å². The summed E-state index contributed by atoms with van der Waals surface area (Å²) in [5.41, 5.74) is 0.454. The van der Waals surface area contributed by atoms with Gasteiger partial charge in [0.1, 0.15) is 6.61 Å². The molecule has 1 heterocycles. The normalized spacial score (nSPS) is 39.8. The van der Waals surface area contributed by atoms with Crippen molar-refractivity contribution in [2.24, 2.45) is 28.6 Å². The molecule has 0 aromatic heterocycles. The van der Waals surface area contributed by atoms with Crippen LogP contribution in [-0.2, 0) is 24.8 Å². The van der Waals surface area contributed by atoms with Gasteiger partial charge in [0, 0.05) is 44.3 Å². The molecule has 0 spiro atoms. The molecular weight excluding hydrogens is 586 g/mol. The minimum absolute atomic E-state index is 0.00489. The van der Waals surface area contributed by atoms with Gasteiger partial charge in [0.2, 0.25) is 0 Å². The Morgan fingerprint density at radius 2 is 1.76 bits per heavy atom. The summed E-state index contributed by atoms with van der Waals surface area (Å²) < 4.78 is 13.7. The van der Waals surface area contributed by atoms with Crippen LogP contribution in [0.15, 0.2) is 82.1 Å². The molecular formula is C37H43NO6S. The van der Waals surface area contributed by atoms with Crippen molar-refractivity contribution in [1.82, 2.24) is 0 Å². The van der Waals surface area contributed by atoms with Crippen molar-refractivity contribution in [1.29, 1.82) is 0 Å². The summed E-state index contributed by atoms with van der Waals surface area (Å²) in [6, 6.07) is 16.4. The van der Waals surface area contributed by atoms with E-state index in [1.165, 1.54) is 0 Å². The number of hydrogen-bond acceptors (Lipinski definition) is 8. The van der Waals surface area contributed by atoms with Crippen LogP contribution in [0.25, 0.3) is 0 Å². The number of carbonyl (C=O) groups excluding carboxylic acids is 2. The SMILES string of the molecule is CCNc1ccc(Sc2ccc([C@]3(C)O[C@@H]4C[C@H]5[C@@H]6CCC7=CC(=O)C=C[C@]7(C)[C@H]6[C@@H](O)C[C@]5(C)[C@]4(C(=O)CO)O3)cc2)cc1. The molecule has 4 aliphatic carbocycles. The van der Waals surface area contributed by atoms with Gasteiger partial charge in [-0.05, 0) is 99.9 Å². The maximum absolute atomic E-state index is 13.9. The molecule has 45 heavy (non-hydrogen) atoms. The smallest absolute Gasteiger partial charge is 0.193 e. The highest BCUT2D eigenvalue weighted by molar-refractivity contribution is 7.99. The van der Waals surface area contributed by atoms with E-state index >= 15 is 0 Å². The fraction of sp³-hybridized carbons (Fsp3) is 0.514. The number of ether oxygens (including phenoxy) is 2. The topological polar surface area (TPSA) is 105 Å². The van der Waals surface area contributed by atoms with Crippen molar-refractivity contribution in [2.45, 2.75) is 86.8 Å². The lowest BCUT2D eigenvalue weighted by atomic mass is 9.46. The zero-order valence-electron chi connectivity index (χ0n) is 26.4. The van der Waals surface area contributed by atoms with Gasteiger partial charge in [0.25, 0.3) is 0 Å². The molecule has 0 radical (unpaired) electrons. The number of carbonyl (C=O) groups is 2. The van der Waals surface area contributed by atoms with Crippen LogP contribution in [0.2, 0.25) is 0 Å². The van der Waals surface area contributed by atoms with Crippen molar-refractivity contribution in [3.05, 3.63) is 77.9 Å². The van der Waals surface area contributed by atoms with Crippen molar-refractivity contribution in [2.75, 3.05) is 18.5 Å². The van der Waals surface area contributed by atoms with Crippen molar-refractivity contribution in [3.8, 4) is 0 Å². The van der Waals surface area contributed by atoms with E-state index in [4.69, 9.17) is 9.47 Å². The summed E-state index contributed by atoms with van der Waals surface area (Å²) in [6.07, 6.45) is 6.69. The van der Waals surface area contributed by atoms with Gasteiger partial charge < -0.3 is 25.0 Å². The number of fused-ring (bicyclic) bond motifs is 7. The van der Waals surface area contributed by atoms with E-state index in [2.05, 4.69) is 50.4 Å². The Bertz CT molecular complexity index is 1570. The average Bonchev–Trinajstić information content (AvgIpc) is 3.46. The van der Waals surface area contributed by atoms with Crippen LogP contribution in [0.5, 0.6) is 0 Å². The lowest BCUT2D eigenvalue weighted by Crippen LogP contribution is -2.63. The molecule has 0 bridgehead atoms. The number of ketones is 2. The van der Waals surface area contributed by atoms with Gasteiger partial charge in [0.05, 0.1) is 12.2 Å². The van der Waals surface area contributed by atoms with E-state index in [-0.39, 0.29) is 29.3 Å². The number of aliphatic hydroxyl groups excluding tert-OH is 2. The summed E-state index contributed by atoms with van der Waals surface area (Å²) in [5, 5.41) is 25.5. The molecule has 3 N–H and O–H groups in total. The fourth-order valence-electron chi connectivity index (χ4n) is 9.82. The second kappa shape index (κ2) is 10.9. The molecule has 1 aliphatic heterocycles. The highest BCUT2D eigenvalue weighted by Crippen LogP contribution is 2.71. The van der Waals surface area contributed by atoms with Crippen LogP contribution in [0, 0.1) is 28.6 Å². The predicted molar refractivity (Wildman–Crippen MR) is 173 cm³/mol. The average molecular weight is 630 g/mol. The summed E-state index contributed by atoms with van der Waals surface area (Å²) in [7, 11) is 0. The molecule has 7 nitrogen and oxygen atoms in total. The van der Waals surface area contributed by atoms with Crippen molar-refractivity contribution >= 4 is 29.0 Å². The van der Waals surface area contributed by atoms with E-state index in [1.54, 1.807) is 23.9 Å². The largest absolute Gasteiger partial charge is 0.393 e.